The summed E-state index contributed by atoms with van der Waals surface area (Å²) in [6, 6.07) is 12.2. The fourth-order valence-corrected chi connectivity index (χ4v) is 4.97. The molecule has 1 heterocycles. The predicted molar refractivity (Wildman–Crippen MR) is 99.8 cm³/mol. The van der Waals surface area contributed by atoms with Gasteiger partial charge in [-0.1, -0.05) is 28.1 Å². The quantitative estimate of drug-likeness (QED) is 0.763. The molecule has 138 valence electrons. The second-order valence-corrected chi connectivity index (χ2v) is 8.74. The Balaban J connectivity index is 1.97. The average molecular weight is 440 g/mol. The van der Waals surface area contributed by atoms with E-state index in [1.54, 1.807) is 42.5 Å². The van der Waals surface area contributed by atoms with E-state index in [1.807, 2.05) is 0 Å². The van der Waals surface area contributed by atoms with E-state index in [9.17, 15) is 18.3 Å². The first-order valence-electron chi connectivity index (χ1n) is 8.17. The van der Waals surface area contributed by atoms with Gasteiger partial charge in [-0.25, -0.2) is 8.42 Å². The summed E-state index contributed by atoms with van der Waals surface area (Å²) in [5.74, 6) is -0.464. The van der Waals surface area contributed by atoms with Gasteiger partial charge in [0.05, 0.1) is 0 Å². The van der Waals surface area contributed by atoms with Crippen molar-refractivity contribution < 1.29 is 23.1 Å². The molecule has 1 fully saturated rings. The van der Waals surface area contributed by atoms with Crippen LogP contribution in [0.1, 0.15) is 19.3 Å². The van der Waals surface area contributed by atoms with E-state index in [0.29, 0.717) is 25.0 Å². The molecule has 2 aromatic carbocycles. The van der Waals surface area contributed by atoms with Crippen molar-refractivity contribution in [2.75, 3.05) is 6.54 Å². The zero-order chi connectivity index (χ0) is 18.7. The lowest BCUT2D eigenvalue weighted by atomic mass is 10.1. The smallest absolute Gasteiger partial charge is 0.322 e. The minimum Gasteiger partial charge on any atom is -0.480 e. The number of carbonyl (C=O) groups is 1. The number of hydrogen-bond acceptors (Lipinski definition) is 4. The van der Waals surface area contributed by atoms with E-state index in [-0.39, 0.29) is 17.2 Å². The van der Waals surface area contributed by atoms with E-state index in [0.717, 1.165) is 8.78 Å². The third-order valence-electron chi connectivity index (χ3n) is 4.22. The third kappa shape index (κ3) is 3.92. The predicted octanol–water partition coefficient (Wildman–Crippen LogP) is 3.87. The van der Waals surface area contributed by atoms with Crippen LogP contribution in [0.5, 0.6) is 11.5 Å². The molecule has 0 spiro atoms. The number of piperidine rings is 1. The number of nitrogens with zero attached hydrogens (tertiary/aromatic N) is 1. The second kappa shape index (κ2) is 7.77. The molecule has 8 heteroatoms. The molecule has 1 atom stereocenters. The first-order chi connectivity index (χ1) is 12.4. The van der Waals surface area contributed by atoms with Gasteiger partial charge in [-0.05, 0) is 55.7 Å². The monoisotopic (exact) mass is 439 g/mol. The molecule has 2 aromatic rings. The van der Waals surface area contributed by atoms with Gasteiger partial charge in [0.1, 0.15) is 22.4 Å². The zero-order valence-electron chi connectivity index (χ0n) is 13.8. The maximum atomic E-state index is 13.1. The SMILES string of the molecule is O=C(O)C1CCCCN1S(=O)(=O)c1ccccc1Oc1ccc(Br)cc1. The summed E-state index contributed by atoms with van der Waals surface area (Å²) in [6.45, 7) is 0.186. The Morgan fingerprint density at radius 1 is 1.12 bits per heavy atom. The lowest BCUT2D eigenvalue weighted by Gasteiger charge is -2.32. The molecule has 1 unspecified atom stereocenters. The number of halogens is 1. The van der Waals surface area contributed by atoms with Gasteiger partial charge in [0, 0.05) is 11.0 Å². The maximum Gasteiger partial charge on any atom is 0.322 e. The molecular formula is C18H18BrNO5S. The lowest BCUT2D eigenvalue weighted by Crippen LogP contribution is -2.47. The van der Waals surface area contributed by atoms with Crippen LogP contribution in [0.2, 0.25) is 0 Å². The van der Waals surface area contributed by atoms with E-state index < -0.39 is 22.0 Å². The summed E-state index contributed by atoms with van der Waals surface area (Å²) in [6.07, 6.45) is 1.64. The van der Waals surface area contributed by atoms with Crippen LogP contribution in [0.4, 0.5) is 0 Å². The normalized spacial score (nSPS) is 18.4. The number of carboxylic acid groups (broad SMARTS) is 1. The average Bonchev–Trinajstić information content (AvgIpc) is 2.64. The third-order valence-corrected chi connectivity index (χ3v) is 6.69. The van der Waals surface area contributed by atoms with Crippen LogP contribution in [-0.4, -0.2) is 36.4 Å². The molecule has 6 nitrogen and oxygen atoms in total. The molecule has 26 heavy (non-hydrogen) atoms. The molecule has 1 aliphatic heterocycles. The van der Waals surface area contributed by atoms with Crippen LogP contribution < -0.4 is 4.74 Å². The summed E-state index contributed by atoms with van der Waals surface area (Å²) in [5.41, 5.74) is 0. The van der Waals surface area contributed by atoms with Crippen LogP contribution >= 0.6 is 15.9 Å². The van der Waals surface area contributed by atoms with E-state index >= 15 is 0 Å². The van der Waals surface area contributed by atoms with Gasteiger partial charge in [0.25, 0.3) is 0 Å². The minimum absolute atomic E-state index is 0.0314. The Morgan fingerprint density at radius 2 is 1.81 bits per heavy atom. The highest BCUT2D eigenvalue weighted by Gasteiger charge is 2.38. The molecule has 0 bridgehead atoms. The number of benzene rings is 2. The fourth-order valence-electron chi connectivity index (χ4n) is 2.94. The molecule has 0 radical (unpaired) electrons. The minimum atomic E-state index is -4.00. The van der Waals surface area contributed by atoms with Gasteiger partial charge in [-0.3, -0.25) is 4.79 Å². The molecule has 0 saturated carbocycles. The van der Waals surface area contributed by atoms with Crippen molar-refractivity contribution in [1.82, 2.24) is 4.31 Å². The van der Waals surface area contributed by atoms with Crippen molar-refractivity contribution in [2.24, 2.45) is 0 Å². The summed E-state index contributed by atoms with van der Waals surface area (Å²) in [7, 11) is -4.00. The van der Waals surface area contributed by atoms with Crippen LogP contribution in [0.25, 0.3) is 0 Å². The molecule has 3 rings (SSSR count). The highest BCUT2D eigenvalue weighted by Crippen LogP contribution is 2.33. The van der Waals surface area contributed by atoms with Crippen molar-refractivity contribution in [2.45, 2.75) is 30.2 Å². The molecule has 1 saturated heterocycles. The number of para-hydroxylation sites is 1. The lowest BCUT2D eigenvalue weighted by molar-refractivity contribution is -0.142. The maximum absolute atomic E-state index is 13.1. The van der Waals surface area contributed by atoms with Crippen LogP contribution in [-0.2, 0) is 14.8 Å². The largest absolute Gasteiger partial charge is 0.480 e. The Bertz CT molecular complexity index is 898. The van der Waals surface area contributed by atoms with Gasteiger partial charge < -0.3 is 9.84 Å². The first-order valence-corrected chi connectivity index (χ1v) is 10.4. The summed E-state index contributed by atoms with van der Waals surface area (Å²) in [5, 5.41) is 9.41. The number of hydrogen-bond donors (Lipinski definition) is 1. The van der Waals surface area contributed by atoms with Gasteiger partial charge in [-0.15, -0.1) is 0 Å². The van der Waals surface area contributed by atoms with Crippen molar-refractivity contribution in [3.63, 3.8) is 0 Å². The van der Waals surface area contributed by atoms with Crippen LogP contribution in [0.15, 0.2) is 57.9 Å². The molecular weight excluding hydrogens is 422 g/mol. The van der Waals surface area contributed by atoms with E-state index in [1.165, 1.54) is 6.07 Å². The highest BCUT2D eigenvalue weighted by atomic mass is 79.9. The van der Waals surface area contributed by atoms with Crippen molar-refractivity contribution >= 4 is 31.9 Å². The summed E-state index contributed by atoms with van der Waals surface area (Å²) < 4.78 is 34.0. The molecule has 0 aliphatic carbocycles. The van der Waals surface area contributed by atoms with Gasteiger partial charge in [0.15, 0.2) is 0 Å². The molecule has 0 aromatic heterocycles. The highest BCUT2D eigenvalue weighted by molar-refractivity contribution is 9.10. The number of sulfonamides is 1. The summed E-state index contributed by atoms with van der Waals surface area (Å²) >= 11 is 3.34. The topological polar surface area (TPSA) is 83.9 Å². The van der Waals surface area contributed by atoms with Crippen molar-refractivity contribution in [1.29, 1.82) is 0 Å². The Kier molecular flexibility index (Phi) is 5.64. The Hall–Kier alpha value is -1.90. The van der Waals surface area contributed by atoms with Gasteiger partial charge in [-0.2, -0.15) is 4.31 Å². The van der Waals surface area contributed by atoms with E-state index in [4.69, 9.17) is 4.74 Å². The van der Waals surface area contributed by atoms with Crippen LogP contribution in [0.3, 0.4) is 0 Å². The summed E-state index contributed by atoms with van der Waals surface area (Å²) in [4.78, 5) is 11.5. The number of ether oxygens (including phenoxy) is 1. The fraction of sp³-hybridized carbons (Fsp3) is 0.278. The van der Waals surface area contributed by atoms with Crippen molar-refractivity contribution in [3.05, 3.63) is 53.0 Å². The standard InChI is InChI=1S/C18H18BrNO5S/c19-13-8-10-14(11-9-13)25-16-6-1-2-7-17(16)26(23,24)20-12-4-3-5-15(20)18(21)22/h1-2,6-11,15H,3-5,12H2,(H,21,22). The Labute approximate surface area is 160 Å². The molecule has 0 amide bonds. The van der Waals surface area contributed by atoms with Crippen LogP contribution in [0, 0.1) is 0 Å². The number of aliphatic carboxylic acids is 1. The number of carboxylic acids is 1. The Morgan fingerprint density at radius 3 is 2.50 bits per heavy atom. The molecule has 1 N–H and O–H groups in total. The van der Waals surface area contributed by atoms with Gasteiger partial charge in [0.2, 0.25) is 10.0 Å². The number of rotatable bonds is 5. The second-order valence-electron chi connectivity index (χ2n) is 5.97. The zero-order valence-corrected chi connectivity index (χ0v) is 16.2. The molecule has 1 aliphatic rings. The van der Waals surface area contributed by atoms with Crippen molar-refractivity contribution in [3.8, 4) is 11.5 Å². The first kappa shape index (κ1) is 18.9. The van der Waals surface area contributed by atoms with E-state index in [2.05, 4.69) is 15.9 Å². The van der Waals surface area contributed by atoms with Gasteiger partial charge >= 0.3 is 5.97 Å².